The summed E-state index contributed by atoms with van der Waals surface area (Å²) in [7, 11) is -3.56. The molecule has 5 heteroatoms. The second kappa shape index (κ2) is 5.27. The number of carbonyl (C=O) groups is 1. The molecule has 1 aromatic heterocycles. The maximum atomic E-state index is 12.2. The molecule has 2 rings (SSSR count). The van der Waals surface area contributed by atoms with E-state index in [0.717, 1.165) is 10.4 Å². The Morgan fingerprint density at radius 2 is 1.89 bits per heavy atom. The second-order valence-electron chi connectivity index (χ2n) is 4.41. The van der Waals surface area contributed by atoms with E-state index in [2.05, 4.69) is 0 Å². The zero-order valence-corrected chi connectivity index (χ0v) is 12.3. The molecule has 2 aromatic rings. The molecular weight excluding hydrogens is 280 g/mol. The highest BCUT2D eigenvalue weighted by Gasteiger charge is 2.21. The van der Waals surface area contributed by atoms with Crippen molar-refractivity contribution in [1.29, 1.82) is 0 Å². The van der Waals surface area contributed by atoms with Gasteiger partial charge in [0.1, 0.15) is 5.75 Å². The number of hydrogen-bond donors (Lipinski definition) is 0. The molecule has 3 nitrogen and oxygen atoms in total. The lowest BCUT2D eigenvalue weighted by molar-refractivity contribution is 0.102. The van der Waals surface area contributed by atoms with Gasteiger partial charge in [0.15, 0.2) is 15.6 Å². The van der Waals surface area contributed by atoms with E-state index in [0.29, 0.717) is 4.88 Å². The molecule has 0 aliphatic rings. The molecule has 0 N–H and O–H groups in total. The van der Waals surface area contributed by atoms with Gasteiger partial charge in [-0.3, -0.25) is 4.79 Å². The molecule has 1 heterocycles. The fourth-order valence-corrected chi connectivity index (χ4v) is 3.94. The van der Waals surface area contributed by atoms with Crippen LogP contribution >= 0.6 is 11.3 Å². The molecular formula is C14H14O3S2. The number of benzene rings is 1. The first kappa shape index (κ1) is 14.0. The zero-order chi connectivity index (χ0) is 14.0. The molecule has 0 radical (unpaired) electrons. The third kappa shape index (κ3) is 3.30. The van der Waals surface area contributed by atoms with Crippen molar-refractivity contribution in [2.45, 2.75) is 18.7 Å². The number of carbonyl (C=O) groups excluding carboxylic acids is 1. The van der Waals surface area contributed by atoms with Crippen LogP contribution in [-0.4, -0.2) is 20.0 Å². The lowest BCUT2D eigenvalue weighted by Crippen LogP contribution is -2.15. The highest BCUT2D eigenvalue weighted by molar-refractivity contribution is 7.92. The third-order valence-electron chi connectivity index (χ3n) is 2.68. The number of rotatable bonds is 4. The largest absolute Gasteiger partial charge is 0.292 e. The summed E-state index contributed by atoms with van der Waals surface area (Å²) in [6.07, 6.45) is 0. The summed E-state index contributed by atoms with van der Waals surface area (Å²) in [6, 6.07) is 10.1. The predicted octanol–water partition coefficient (Wildman–Crippen LogP) is 3.02. The molecule has 0 bridgehead atoms. The van der Waals surface area contributed by atoms with Gasteiger partial charge in [0, 0.05) is 4.88 Å². The van der Waals surface area contributed by atoms with Crippen LogP contribution < -0.4 is 0 Å². The number of aryl methyl sites for hydroxylation is 2. The van der Waals surface area contributed by atoms with E-state index in [9.17, 15) is 13.2 Å². The Morgan fingerprint density at radius 1 is 1.16 bits per heavy atom. The standard InChI is InChI=1S/C14H14O3S2/c1-10-4-3-5-12(8-10)19(16,17)9-13(15)14-7-6-11(2)18-14/h3-8H,9H2,1-2H3. The van der Waals surface area contributed by atoms with Gasteiger partial charge in [-0.2, -0.15) is 0 Å². The van der Waals surface area contributed by atoms with Crippen molar-refractivity contribution in [1.82, 2.24) is 0 Å². The van der Waals surface area contributed by atoms with E-state index in [1.54, 1.807) is 18.2 Å². The van der Waals surface area contributed by atoms with Gasteiger partial charge in [0.2, 0.25) is 0 Å². The van der Waals surface area contributed by atoms with Crippen LogP contribution in [0.25, 0.3) is 0 Å². The molecule has 1 aromatic carbocycles. The summed E-state index contributed by atoms with van der Waals surface area (Å²) >= 11 is 1.32. The van der Waals surface area contributed by atoms with Crippen LogP contribution in [0.3, 0.4) is 0 Å². The van der Waals surface area contributed by atoms with Crippen molar-refractivity contribution in [2.24, 2.45) is 0 Å². The average molecular weight is 294 g/mol. The minimum absolute atomic E-state index is 0.203. The Hall–Kier alpha value is -1.46. The fourth-order valence-electron chi connectivity index (χ4n) is 1.72. The van der Waals surface area contributed by atoms with Gasteiger partial charge >= 0.3 is 0 Å². The van der Waals surface area contributed by atoms with Crippen LogP contribution in [-0.2, 0) is 9.84 Å². The number of Topliss-reactive ketones (excluding diaryl/α,β-unsaturated/α-hetero) is 1. The number of ketones is 1. The van der Waals surface area contributed by atoms with Crippen molar-refractivity contribution in [3.63, 3.8) is 0 Å². The molecule has 0 amide bonds. The van der Waals surface area contributed by atoms with E-state index in [1.165, 1.54) is 17.4 Å². The summed E-state index contributed by atoms with van der Waals surface area (Å²) in [6.45, 7) is 3.71. The third-order valence-corrected chi connectivity index (χ3v) is 5.34. The Balaban J connectivity index is 2.25. The van der Waals surface area contributed by atoms with Crippen LogP contribution in [0.4, 0.5) is 0 Å². The van der Waals surface area contributed by atoms with Crippen LogP contribution in [0.5, 0.6) is 0 Å². The Kier molecular flexibility index (Phi) is 3.87. The maximum Gasteiger partial charge on any atom is 0.188 e. The first-order valence-corrected chi connectivity index (χ1v) is 8.24. The first-order valence-electron chi connectivity index (χ1n) is 5.77. The molecule has 0 atom stereocenters. The lowest BCUT2D eigenvalue weighted by Gasteiger charge is -2.04. The topological polar surface area (TPSA) is 51.2 Å². The Bertz CT molecular complexity index is 712. The van der Waals surface area contributed by atoms with Gasteiger partial charge in [-0.05, 0) is 43.7 Å². The van der Waals surface area contributed by atoms with E-state index < -0.39 is 15.6 Å². The molecule has 0 unspecified atom stereocenters. The average Bonchev–Trinajstić information content (AvgIpc) is 2.75. The number of hydrogen-bond acceptors (Lipinski definition) is 4. The van der Waals surface area contributed by atoms with Crippen molar-refractivity contribution in [2.75, 3.05) is 5.75 Å². The summed E-state index contributed by atoms with van der Waals surface area (Å²) in [5.74, 6) is -0.823. The van der Waals surface area contributed by atoms with Crippen LogP contribution in [0, 0.1) is 13.8 Å². The zero-order valence-electron chi connectivity index (χ0n) is 10.7. The summed E-state index contributed by atoms with van der Waals surface area (Å²) in [4.78, 5) is 13.7. The molecule has 0 aliphatic carbocycles. The monoisotopic (exact) mass is 294 g/mol. The Labute approximate surface area is 116 Å². The molecule has 0 saturated heterocycles. The normalized spacial score (nSPS) is 11.5. The molecule has 0 saturated carbocycles. The van der Waals surface area contributed by atoms with E-state index in [-0.39, 0.29) is 10.7 Å². The molecule has 0 fully saturated rings. The quantitative estimate of drug-likeness (QED) is 0.814. The van der Waals surface area contributed by atoms with Crippen molar-refractivity contribution in [3.05, 3.63) is 51.7 Å². The lowest BCUT2D eigenvalue weighted by atomic mass is 10.2. The van der Waals surface area contributed by atoms with Crippen LogP contribution in [0.1, 0.15) is 20.1 Å². The number of thiophene rings is 1. The van der Waals surface area contributed by atoms with Gasteiger partial charge in [0.05, 0.1) is 9.77 Å². The minimum atomic E-state index is -3.56. The van der Waals surface area contributed by atoms with Gasteiger partial charge < -0.3 is 0 Å². The summed E-state index contributed by atoms with van der Waals surface area (Å²) < 4.78 is 24.3. The maximum absolute atomic E-state index is 12.2. The molecule has 19 heavy (non-hydrogen) atoms. The van der Waals surface area contributed by atoms with Crippen molar-refractivity contribution < 1.29 is 13.2 Å². The highest BCUT2D eigenvalue weighted by atomic mass is 32.2. The van der Waals surface area contributed by atoms with Crippen molar-refractivity contribution >= 4 is 27.0 Å². The Morgan fingerprint density at radius 3 is 2.47 bits per heavy atom. The van der Waals surface area contributed by atoms with Gasteiger partial charge in [-0.1, -0.05) is 12.1 Å². The fraction of sp³-hybridized carbons (Fsp3) is 0.214. The van der Waals surface area contributed by atoms with E-state index in [1.807, 2.05) is 26.0 Å². The second-order valence-corrected chi connectivity index (χ2v) is 7.69. The molecule has 100 valence electrons. The van der Waals surface area contributed by atoms with Gasteiger partial charge in [0.25, 0.3) is 0 Å². The van der Waals surface area contributed by atoms with Crippen LogP contribution in [0.15, 0.2) is 41.3 Å². The molecule has 0 spiro atoms. The highest BCUT2D eigenvalue weighted by Crippen LogP contribution is 2.19. The van der Waals surface area contributed by atoms with E-state index in [4.69, 9.17) is 0 Å². The van der Waals surface area contributed by atoms with Gasteiger partial charge in [-0.25, -0.2) is 8.42 Å². The SMILES string of the molecule is Cc1cccc(S(=O)(=O)CC(=O)c2ccc(C)s2)c1. The predicted molar refractivity (Wildman–Crippen MR) is 76.6 cm³/mol. The minimum Gasteiger partial charge on any atom is -0.292 e. The van der Waals surface area contributed by atoms with E-state index >= 15 is 0 Å². The van der Waals surface area contributed by atoms with Gasteiger partial charge in [-0.15, -0.1) is 11.3 Å². The number of sulfone groups is 1. The van der Waals surface area contributed by atoms with Crippen molar-refractivity contribution in [3.8, 4) is 0 Å². The smallest absolute Gasteiger partial charge is 0.188 e. The first-order chi connectivity index (χ1) is 8.88. The van der Waals surface area contributed by atoms with Crippen LogP contribution in [0.2, 0.25) is 0 Å². The summed E-state index contributed by atoms with van der Waals surface area (Å²) in [5, 5.41) is 0. The summed E-state index contributed by atoms with van der Waals surface area (Å²) in [5.41, 5.74) is 0.862. The molecule has 0 aliphatic heterocycles.